The van der Waals surface area contributed by atoms with Gasteiger partial charge in [0.25, 0.3) is 0 Å². The summed E-state index contributed by atoms with van der Waals surface area (Å²) in [7, 11) is -4.38. The van der Waals surface area contributed by atoms with Gasteiger partial charge >= 0.3 is 19.8 Å². The highest BCUT2D eigenvalue weighted by atomic mass is 31.2. The van der Waals surface area contributed by atoms with Crippen LogP contribution in [0.25, 0.3) is 0 Å². The largest absolute Gasteiger partial charge is 0.472 e. The van der Waals surface area contributed by atoms with Crippen molar-refractivity contribution in [1.29, 1.82) is 0 Å². The van der Waals surface area contributed by atoms with E-state index < -0.39 is 26.5 Å². The van der Waals surface area contributed by atoms with Crippen molar-refractivity contribution in [2.45, 2.75) is 258 Å². The van der Waals surface area contributed by atoms with E-state index in [0.29, 0.717) is 6.42 Å². The summed E-state index contributed by atoms with van der Waals surface area (Å²) >= 11 is 0. The summed E-state index contributed by atoms with van der Waals surface area (Å²) in [5, 5.41) is 0. The maximum atomic E-state index is 12.6. The highest BCUT2D eigenvalue weighted by Gasteiger charge is 2.26. The molecule has 10 heteroatoms. The fourth-order valence-electron chi connectivity index (χ4n) is 7.37. The van der Waals surface area contributed by atoms with Gasteiger partial charge in [-0.3, -0.25) is 18.6 Å². The molecule has 0 radical (unpaired) electrons. The maximum absolute atomic E-state index is 12.6. The second-order valence-corrected chi connectivity index (χ2v) is 18.8. The number of nitrogens with two attached hydrogens (primary N) is 1. The van der Waals surface area contributed by atoms with E-state index in [1.165, 1.54) is 161 Å². The molecule has 2 unspecified atom stereocenters. The van der Waals surface area contributed by atoms with Crippen LogP contribution >= 0.6 is 7.82 Å². The summed E-state index contributed by atoms with van der Waals surface area (Å²) in [6.07, 6.45) is 56.3. The summed E-state index contributed by atoms with van der Waals surface area (Å²) in [5.41, 5.74) is 5.36. The molecule has 0 aromatic carbocycles. The molecule has 2 atom stereocenters. The highest BCUT2D eigenvalue weighted by molar-refractivity contribution is 7.47. The van der Waals surface area contributed by atoms with Gasteiger partial charge in [0.15, 0.2) is 6.10 Å². The van der Waals surface area contributed by atoms with Crippen LogP contribution in [0, 0.1) is 0 Å². The van der Waals surface area contributed by atoms with Crippen molar-refractivity contribution in [3.8, 4) is 0 Å². The molecule has 0 amide bonds. The predicted octanol–water partition coefficient (Wildman–Crippen LogP) is 15.7. The van der Waals surface area contributed by atoms with Crippen molar-refractivity contribution in [3.63, 3.8) is 0 Å². The van der Waals surface area contributed by atoms with E-state index in [2.05, 4.69) is 50.3 Å². The maximum Gasteiger partial charge on any atom is 0.472 e. The Morgan fingerprint density at radius 1 is 0.484 bits per heavy atom. The number of carbonyl (C=O) groups excluding carboxylic acids is 2. The van der Waals surface area contributed by atoms with E-state index in [-0.39, 0.29) is 38.6 Å². The van der Waals surface area contributed by atoms with Gasteiger partial charge in [-0.05, 0) is 70.6 Å². The lowest BCUT2D eigenvalue weighted by atomic mass is 10.0. The Labute approximate surface area is 382 Å². The van der Waals surface area contributed by atoms with Crippen LogP contribution in [0.2, 0.25) is 0 Å². The Morgan fingerprint density at radius 3 is 1.27 bits per heavy atom. The van der Waals surface area contributed by atoms with Crippen molar-refractivity contribution in [2.75, 3.05) is 26.4 Å². The number of rotatable bonds is 49. The van der Waals surface area contributed by atoms with Gasteiger partial charge in [-0.15, -0.1) is 0 Å². The van der Waals surface area contributed by atoms with E-state index >= 15 is 0 Å². The van der Waals surface area contributed by atoms with Crippen molar-refractivity contribution < 1.29 is 37.6 Å². The highest BCUT2D eigenvalue weighted by Crippen LogP contribution is 2.43. The monoisotopic (exact) mass is 896 g/mol. The first kappa shape index (κ1) is 60.2. The number of hydrogen-bond acceptors (Lipinski definition) is 8. The number of allylic oxidation sites excluding steroid dienone is 6. The zero-order valence-corrected chi connectivity index (χ0v) is 41.3. The van der Waals surface area contributed by atoms with E-state index in [1.807, 2.05) is 0 Å². The molecule has 0 fully saturated rings. The molecule has 0 aromatic heterocycles. The molecule has 9 nitrogen and oxygen atoms in total. The Balaban J connectivity index is 3.91. The number of esters is 2. The zero-order chi connectivity index (χ0) is 45.3. The fourth-order valence-corrected chi connectivity index (χ4v) is 8.13. The molecule has 364 valence electrons. The summed E-state index contributed by atoms with van der Waals surface area (Å²) in [6, 6.07) is 0. The van der Waals surface area contributed by atoms with E-state index in [1.54, 1.807) is 0 Å². The Kier molecular flexibility index (Phi) is 47.3. The van der Waals surface area contributed by atoms with Gasteiger partial charge in [0.05, 0.1) is 13.2 Å². The summed E-state index contributed by atoms with van der Waals surface area (Å²) in [6.45, 7) is 3.71. The number of ether oxygens (including phenoxy) is 2. The molecule has 0 aliphatic heterocycles. The summed E-state index contributed by atoms with van der Waals surface area (Å²) in [4.78, 5) is 35.0. The Hall–Kier alpha value is -1.77. The molecule has 0 aliphatic rings. The van der Waals surface area contributed by atoms with Crippen molar-refractivity contribution in [1.82, 2.24) is 0 Å². The first-order valence-corrected chi connectivity index (χ1v) is 27.5. The number of unbranched alkanes of at least 4 members (excludes halogenated alkanes) is 30. The molecule has 62 heavy (non-hydrogen) atoms. The zero-order valence-electron chi connectivity index (χ0n) is 40.4. The lowest BCUT2D eigenvalue weighted by molar-refractivity contribution is -0.161. The second kappa shape index (κ2) is 48.7. The normalized spacial score (nSPS) is 13.4. The molecule has 0 rings (SSSR count). The molecule has 0 spiro atoms. The number of phosphoric ester groups is 1. The van der Waals surface area contributed by atoms with Crippen molar-refractivity contribution in [3.05, 3.63) is 36.5 Å². The Bertz CT molecular complexity index is 1110. The number of phosphoric acid groups is 1. The van der Waals surface area contributed by atoms with Crippen molar-refractivity contribution in [2.24, 2.45) is 5.73 Å². The first-order chi connectivity index (χ1) is 30.3. The Morgan fingerprint density at radius 2 is 0.839 bits per heavy atom. The van der Waals surface area contributed by atoms with Crippen LogP contribution in [0.15, 0.2) is 36.5 Å². The van der Waals surface area contributed by atoms with Crippen LogP contribution in [0.4, 0.5) is 0 Å². The molecule has 0 heterocycles. The van der Waals surface area contributed by atoms with Gasteiger partial charge in [-0.1, -0.05) is 204 Å². The molecular formula is C52H98NO8P. The molecule has 0 saturated heterocycles. The fraction of sp³-hybridized carbons (Fsp3) is 0.846. The SMILES string of the molecule is CCCCC/C=C\CCCCCCCC(=O)OCC(COP(=O)(O)OCCN)OC(=O)CCCCCCCCCCCCCCCCCCC/C=C\C/C=C\CCCCCCC. The topological polar surface area (TPSA) is 134 Å². The lowest BCUT2D eigenvalue weighted by Gasteiger charge is -2.19. The molecule has 3 N–H and O–H groups in total. The van der Waals surface area contributed by atoms with E-state index in [9.17, 15) is 19.0 Å². The number of carbonyl (C=O) groups is 2. The lowest BCUT2D eigenvalue weighted by Crippen LogP contribution is -2.29. The second-order valence-electron chi connectivity index (χ2n) is 17.4. The van der Waals surface area contributed by atoms with Crippen LogP contribution in [-0.4, -0.2) is 49.3 Å². The van der Waals surface area contributed by atoms with Gasteiger partial charge in [-0.25, -0.2) is 4.57 Å². The minimum atomic E-state index is -4.38. The predicted molar refractivity (Wildman–Crippen MR) is 261 cm³/mol. The minimum Gasteiger partial charge on any atom is -0.462 e. The van der Waals surface area contributed by atoms with Crippen LogP contribution in [0.1, 0.15) is 251 Å². The average molecular weight is 896 g/mol. The van der Waals surface area contributed by atoms with Crippen LogP contribution in [0.3, 0.4) is 0 Å². The third-order valence-corrected chi connectivity index (χ3v) is 12.2. The first-order valence-electron chi connectivity index (χ1n) is 26.0. The third kappa shape index (κ3) is 47.7. The molecule has 0 saturated carbocycles. The van der Waals surface area contributed by atoms with Gasteiger partial charge in [0, 0.05) is 19.4 Å². The van der Waals surface area contributed by atoms with Crippen LogP contribution in [-0.2, 0) is 32.7 Å². The standard InChI is InChI=1S/C52H98NO8P/c1-3-5-7-9-11-13-15-17-18-19-20-21-22-23-24-25-26-27-28-29-30-31-32-33-35-37-39-41-43-45-52(55)61-50(49-60-62(56,57)59-47-46-53)48-58-51(54)44-42-40-38-36-34-16-14-12-10-8-6-4-2/h12,14-15,17,19-20,50H,3-11,13,16,18,21-49,53H2,1-2H3,(H,56,57)/b14-12-,17-15-,20-19-. The summed E-state index contributed by atoms with van der Waals surface area (Å²) < 4.78 is 32.9. The third-order valence-electron chi connectivity index (χ3n) is 11.2. The van der Waals surface area contributed by atoms with Crippen LogP contribution < -0.4 is 5.73 Å². The van der Waals surface area contributed by atoms with Gasteiger partial charge in [0.2, 0.25) is 0 Å². The minimum absolute atomic E-state index is 0.0533. The molecule has 0 bridgehead atoms. The number of hydrogen-bond donors (Lipinski definition) is 2. The quantitative estimate of drug-likeness (QED) is 0.0265. The summed E-state index contributed by atoms with van der Waals surface area (Å²) in [5.74, 6) is -0.831. The average Bonchev–Trinajstić information content (AvgIpc) is 3.26. The van der Waals surface area contributed by atoms with Gasteiger partial charge in [0.1, 0.15) is 6.61 Å². The van der Waals surface area contributed by atoms with Crippen molar-refractivity contribution >= 4 is 19.8 Å². The molecular weight excluding hydrogens is 798 g/mol. The van der Waals surface area contributed by atoms with Crippen LogP contribution in [0.5, 0.6) is 0 Å². The van der Waals surface area contributed by atoms with Gasteiger partial charge in [-0.2, -0.15) is 0 Å². The van der Waals surface area contributed by atoms with E-state index in [4.69, 9.17) is 24.3 Å². The molecule has 0 aromatic rings. The molecule has 0 aliphatic carbocycles. The smallest absolute Gasteiger partial charge is 0.462 e. The van der Waals surface area contributed by atoms with E-state index in [0.717, 1.165) is 57.8 Å². The van der Waals surface area contributed by atoms with Gasteiger partial charge < -0.3 is 20.1 Å².